The van der Waals surface area contributed by atoms with Gasteiger partial charge < -0.3 is 9.64 Å². The summed E-state index contributed by atoms with van der Waals surface area (Å²) < 4.78 is 33.9. The Balaban J connectivity index is 0.00000253. The minimum absolute atomic E-state index is 0. The van der Waals surface area contributed by atoms with Gasteiger partial charge in [-0.3, -0.25) is 4.98 Å². The van der Waals surface area contributed by atoms with Crippen molar-refractivity contribution in [1.82, 2.24) is 14.7 Å². The van der Waals surface area contributed by atoms with Crippen LogP contribution in [0, 0.1) is 5.41 Å². The van der Waals surface area contributed by atoms with E-state index in [0.29, 0.717) is 11.1 Å². The molecule has 2 saturated heterocycles. The van der Waals surface area contributed by atoms with Crippen LogP contribution in [0.1, 0.15) is 6.99 Å². The van der Waals surface area contributed by atoms with E-state index in [-0.39, 0.29) is 12.9 Å². The molecule has 0 saturated carbocycles. The first kappa shape index (κ1) is 21.2. The van der Waals surface area contributed by atoms with Gasteiger partial charge in [0.05, 0.1) is 40.4 Å². The average Bonchev–Trinajstić information content (AvgIpc) is 2.82. The molecular formula is C26H26N4O3S. The second-order valence-electron chi connectivity index (χ2n) is 9.08. The molecule has 0 radical (unpaired) electrons. The van der Waals surface area contributed by atoms with E-state index in [0.717, 1.165) is 54.2 Å². The predicted octanol–water partition coefficient (Wildman–Crippen LogP) is 3.86. The average molecular weight is 475 g/mol. The molecule has 4 aromatic rings. The molecule has 1 N–H and O–H groups in total. The van der Waals surface area contributed by atoms with Crippen LogP contribution in [-0.4, -0.2) is 44.7 Å². The zero-order chi connectivity index (χ0) is 23.2. The highest BCUT2D eigenvalue weighted by molar-refractivity contribution is 7.89. The molecule has 7 nitrogen and oxygen atoms in total. The van der Waals surface area contributed by atoms with Crippen molar-refractivity contribution in [3.05, 3.63) is 84.6 Å². The topological polar surface area (TPSA) is 84.4 Å². The van der Waals surface area contributed by atoms with Crippen molar-refractivity contribution in [1.29, 1.82) is 0 Å². The first-order chi connectivity index (χ1) is 16.5. The summed E-state index contributed by atoms with van der Waals surface area (Å²) in [7, 11) is -3.67. The van der Waals surface area contributed by atoms with E-state index in [1.165, 1.54) is 0 Å². The van der Waals surface area contributed by atoms with Crippen LogP contribution in [0.3, 0.4) is 0 Å². The van der Waals surface area contributed by atoms with Gasteiger partial charge in [-0.1, -0.05) is 42.5 Å². The first-order valence-corrected chi connectivity index (χ1v) is 12.7. The van der Waals surface area contributed by atoms with Gasteiger partial charge in [0, 0.05) is 32.8 Å². The Labute approximate surface area is 200 Å². The maximum absolute atomic E-state index is 12.9. The van der Waals surface area contributed by atoms with Gasteiger partial charge in [-0.2, -0.15) is 0 Å². The highest BCUT2D eigenvalue weighted by Crippen LogP contribution is 2.41. The maximum atomic E-state index is 12.9. The van der Waals surface area contributed by atoms with Crippen molar-refractivity contribution in [2.75, 3.05) is 31.2 Å². The monoisotopic (exact) mass is 474 g/mol. The first-order valence-electron chi connectivity index (χ1n) is 11.2. The van der Waals surface area contributed by atoms with Crippen molar-refractivity contribution >= 4 is 26.7 Å². The lowest BCUT2D eigenvalue weighted by Gasteiger charge is -2.56. The summed E-state index contributed by atoms with van der Waals surface area (Å²) in [6.45, 7) is 3.80. The molecule has 2 aliphatic rings. The van der Waals surface area contributed by atoms with Crippen LogP contribution in [0.15, 0.2) is 83.9 Å². The lowest BCUT2D eigenvalue weighted by Crippen LogP contribution is -2.66. The number of hydrogen-bond acceptors (Lipinski definition) is 6. The molecule has 6 rings (SSSR count). The molecule has 8 heteroatoms. The number of pyridine rings is 2. The Hall–Kier alpha value is -3.33. The fourth-order valence-electron chi connectivity index (χ4n) is 4.61. The number of hydrogen-bond donors (Lipinski definition) is 1. The summed E-state index contributed by atoms with van der Waals surface area (Å²) in [5, 5.41) is 0. The van der Waals surface area contributed by atoms with E-state index in [1.807, 2.05) is 60.8 Å². The molecule has 0 atom stereocenters. The Morgan fingerprint density at radius 3 is 2.59 bits per heavy atom. The molecular weight excluding hydrogens is 448 g/mol. The zero-order valence-electron chi connectivity index (χ0n) is 18.5. The van der Waals surface area contributed by atoms with Crippen LogP contribution >= 0.6 is 0 Å². The molecule has 174 valence electrons. The molecule has 0 amide bonds. The van der Waals surface area contributed by atoms with Crippen LogP contribution in [0.2, 0.25) is 0 Å². The molecule has 2 fully saturated rings. The van der Waals surface area contributed by atoms with Gasteiger partial charge >= 0.3 is 0 Å². The van der Waals surface area contributed by atoms with Gasteiger partial charge in [0.2, 0.25) is 10.0 Å². The van der Waals surface area contributed by atoms with Crippen molar-refractivity contribution < 1.29 is 14.6 Å². The number of ether oxygens (including phenoxy) is 1. The van der Waals surface area contributed by atoms with E-state index in [2.05, 4.69) is 14.6 Å². The Bertz CT molecular complexity index is 1470. The lowest BCUT2D eigenvalue weighted by molar-refractivity contribution is -0.126. The zero-order valence-corrected chi connectivity index (χ0v) is 19.3. The van der Waals surface area contributed by atoms with E-state index in [4.69, 9.17) is 9.72 Å². The van der Waals surface area contributed by atoms with E-state index in [1.54, 1.807) is 18.2 Å². The number of fused-ring (bicyclic) bond motifs is 1. The predicted molar refractivity (Wildman–Crippen MR) is 133 cm³/mol. The van der Waals surface area contributed by atoms with Gasteiger partial charge in [0.25, 0.3) is 0 Å². The molecule has 2 aromatic carbocycles. The lowest BCUT2D eigenvalue weighted by atomic mass is 9.78. The van der Waals surface area contributed by atoms with Crippen LogP contribution in [0.4, 0.5) is 5.69 Å². The fraction of sp³-hybridized carbons (Fsp3) is 0.231. The van der Waals surface area contributed by atoms with Crippen molar-refractivity contribution in [2.45, 2.75) is 11.4 Å². The number of rotatable bonds is 6. The number of benzene rings is 2. The van der Waals surface area contributed by atoms with Crippen molar-refractivity contribution in [3.63, 3.8) is 0 Å². The summed E-state index contributed by atoms with van der Waals surface area (Å²) >= 11 is 0. The van der Waals surface area contributed by atoms with Crippen LogP contribution in [0.25, 0.3) is 22.3 Å². The maximum Gasteiger partial charge on any atom is 0.240 e. The summed E-state index contributed by atoms with van der Waals surface area (Å²) in [5.41, 5.74) is 5.35. The van der Waals surface area contributed by atoms with E-state index >= 15 is 0 Å². The molecule has 0 aliphatic carbocycles. The summed E-state index contributed by atoms with van der Waals surface area (Å²) in [4.78, 5) is 11.9. The second kappa shape index (κ2) is 8.16. The smallest absolute Gasteiger partial charge is 0.240 e. The normalized spacial score (nSPS) is 16.9. The minimum atomic E-state index is -3.67. The number of aromatic nitrogens is 2. The minimum Gasteiger partial charge on any atom is -0.380 e. The van der Waals surface area contributed by atoms with Crippen LogP contribution in [-0.2, 0) is 21.3 Å². The Kier molecular flexibility index (Phi) is 5.09. The second-order valence-corrected chi connectivity index (χ2v) is 10.8. The summed E-state index contributed by atoms with van der Waals surface area (Å²) in [5.74, 6) is 0. The summed E-state index contributed by atoms with van der Waals surface area (Å²) in [6.07, 6.45) is 1.81. The SMILES string of the molecule is O=S(=O)(NCc1ccccc1)c1cccc(-c2ccc3nccc(N4CC5(COC5)C4)c3n2)c1.[HH]. The fourth-order valence-corrected chi connectivity index (χ4v) is 5.68. The number of nitrogens with zero attached hydrogens (tertiary/aromatic N) is 3. The van der Waals surface area contributed by atoms with Gasteiger partial charge in [0.1, 0.15) is 5.52 Å². The third-order valence-corrected chi connectivity index (χ3v) is 7.92. The molecule has 34 heavy (non-hydrogen) atoms. The molecule has 4 heterocycles. The largest absolute Gasteiger partial charge is 0.380 e. The number of nitrogens with one attached hydrogen (secondary N) is 1. The Morgan fingerprint density at radius 1 is 1.00 bits per heavy atom. The number of sulfonamides is 1. The van der Waals surface area contributed by atoms with Gasteiger partial charge in [-0.25, -0.2) is 18.1 Å². The number of anilines is 1. The highest BCUT2D eigenvalue weighted by Gasteiger charge is 2.49. The van der Waals surface area contributed by atoms with E-state index in [9.17, 15) is 8.42 Å². The van der Waals surface area contributed by atoms with Crippen molar-refractivity contribution in [3.8, 4) is 11.3 Å². The summed E-state index contributed by atoms with van der Waals surface area (Å²) in [6, 6.07) is 22.2. The third-order valence-electron chi connectivity index (χ3n) is 6.52. The molecule has 1 spiro atoms. The van der Waals surface area contributed by atoms with Gasteiger partial charge in [-0.15, -0.1) is 0 Å². The van der Waals surface area contributed by atoms with Gasteiger partial charge in [0.15, 0.2) is 0 Å². The quantitative estimate of drug-likeness (QED) is 0.457. The van der Waals surface area contributed by atoms with Crippen LogP contribution < -0.4 is 9.62 Å². The molecule has 0 unspecified atom stereocenters. The molecule has 0 bridgehead atoms. The highest BCUT2D eigenvalue weighted by atomic mass is 32.2. The van der Waals surface area contributed by atoms with E-state index < -0.39 is 10.0 Å². The molecule has 2 aromatic heterocycles. The van der Waals surface area contributed by atoms with Crippen molar-refractivity contribution in [2.24, 2.45) is 5.41 Å². The van der Waals surface area contributed by atoms with Crippen LogP contribution in [0.5, 0.6) is 0 Å². The Morgan fingerprint density at radius 2 is 1.82 bits per heavy atom. The molecule has 2 aliphatic heterocycles. The third kappa shape index (κ3) is 3.83. The standard InChI is InChI=1S/C26H24N4O3S.H2/c31-34(32,28-14-19-5-2-1-3-6-19)21-8-4-7-20(13-21)22-9-10-23-25(29-22)24(11-12-27-23)30-15-26(16-30)17-33-18-26;/h1-13,28H,14-18H2;1H. The van der Waals surface area contributed by atoms with Gasteiger partial charge in [-0.05, 0) is 35.9 Å².